The molecule has 1 aliphatic heterocycles. The number of aromatic nitrogens is 1. The molecule has 1 aliphatic rings. The van der Waals surface area contributed by atoms with Gasteiger partial charge in [0.05, 0.1) is 17.6 Å². The number of aliphatic hydroxyl groups excluding tert-OH is 1. The van der Waals surface area contributed by atoms with Gasteiger partial charge >= 0.3 is 0 Å². The second kappa shape index (κ2) is 11.3. The maximum Gasteiger partial charge on any atom is 0.119 e. The normalized spacial score (nSPS) is 16.2. The number of likely N-dealkylation sites (tertiary alicyclic amines) is 1. The molecule has 2 heterocycles. The van der Waals surface area contributed by atoms with Crippen molar-refractivity contribution >= 4 is 22.5 Å². The summed E-state index contributed by atoms with van der Waals surface area (Å²) in [6.45, 7) is 3.55. The molecular weight excluding hydrogens is 432 g/mol. The zero-order valence-electron chi connectivity index (χ0n) is 19.6. The molecule has 4 rings (SSSR count). The number of methoxy groups -OCH3 is 1. The van der Waals surface area contributed by atoms with E-state index in [1.54, 1.807) is 13.3 Å². The lowest BCUT2D eigenvalue weighted by Gasteiger charge is -2.41. The lowest BCUT2D eigenvalue weighted by atomic mass is 9.75. The van der Waals surface area contributed by atoms with E-state index in [1.807, 2.05) is 18.2 Å². The highest BCUT2D eigenvalue weighted by Crippen LogP contribution is 2.37. The molecule has 0 spiro atoms. The largest absolute Gasteiger partial charge is 0.497 e. The molecule has 4 nitrogen and oxygen atoms in total. The minimum atomic E-state index is 0.0307. The molecule has 0 atom stereocenters. The molecule has 1 aromatic heterocycles. The summed E-state index contributed by atoms with van der Waals surface area (Å²) in [6, 6.07) is 16.7. The minimum absolute atomic E-state index is 0.0307. The number of pyridine rings is 1. The number of benzene rings is 2. The third kappa shape index (κ3) is 6.06. The Bertz CT molecular complexity index is 1030. The summed E-state index contributed by atoms with van der Waals surface area (Å²) in [6.07, 6.45) is 9.10. The number of aryl methyl sites for hydroxylation is 2. The van der Waals surface area contributed by atoms with Crippen LogP contribution in [0, 0.1) is 5.41 Å². The van der Waals surface area contributed by atoms with Gasteiger partial charge in [0.1, 0.15) is 5.75 Å². The van der Waals surface area contributed by atoms with Crippen LogP contribution in [0.1, 0.15) is 43.2 Å². The van der Waals surface area contributed by atoms with Crippen molar-refractivity contribution < 1.29 is 9.84 Å². The average Bonchev–Trinajstić information content (AvgIpc) is 2.86. The predicted octanol–water partition coefficient (Wildman–Crippen LogP) is 5.93. The van der Waals surface area contributed by atoms with Crippen molar-refractivity contribution in [1.82, 2.24) is 9.88 Å². The maximum absolute atomic E-state index is 10.3. The van der Waals surface area contributed by atoms with Crippen LogP contribution in [-0.2, 0) is 12.8 Å². The van der Waals surface area contributed by atoms with E-state index in [1.165, 1.54) is 12.0 Å². The highest BCUT2D eigenvalue weighted by Gasteiger charge is 2.33. The van der Waals surface area contributed by atoms with Crippen molar-refractivity contribution in [2.45, 2.75) is 44.9 Å². The fraction of sp³-hybridized carbons (Fsp3) is 0.464. The number of aliphatic hydroxyl groups is 1. The van der Waals surface area contributed by atoms with Crippen molar-refractivity contribution in [2.75, 3.05) is 33.4 Å². The molecule has 1 fully saturated rings. The highest BCUT2D eigenvalue weighted by atomic mass is 35.5. The number of hydrogen-bond donors (Lipinski definition) is 1. The lowest BCUT2D eigenvalue weighted by Crippen LogP contribution is -2.42. The van der Waals surface area contributed by atoms with E-state index in [0.717, 1.165) is 80.4 Å². The van der Waals surface area contributed by atoms with Gasteiger partial charge in [0.25, 0.3) is 0 Å². The van der Waals surface area contributed by atoms with Crippen LogP contribution in [0.15, 0.2) is 54.7 Å². The van der Waals surface area contributed by atoms with Gasteiger partial charge in [0, 0.05) is 18.2 Å². The molecule has 176 valence electrons. The molecule has 0 radical (unpaired) electrons. The molecule has 1 N–H and O–H groups in total. The Morgan fingerprint density at radius 3 is 2.58 bits per heavy atom. The number of nitrogens with zero attached hydrogens (tertiary/aromatic N) is 2. The van der Waals surface area contributed by atoms with Gasteiger partial charge in [-0.2, -0.15) is 0 Å². The lowest BCUT2D eigenvalue weighted by molar-refractivity contribution is 0.0353. The zero-order chi connectivity index (χ0) is 23.1. The van der Waals surface area contributed by atoms with Crippen LogP contribution in [-0.4, -0.2) is 48.3 Å². The second-order valence-corrected chi connectivity index (χ2v) is 9.82. The van der Waals surface area contributed by atoms with E-state index < -0.39 is 0 Å². The summed E-state index contributed by atoms with van der Waals surface area (Å²) in [4.78, 5) is 7.03. The van der Waals surface area contributed by atoms with Crippen molar-refractivity contribution in [3.05, 3.63) is 70.9 Å². The fourth-order valence-electron chi connectivity index (χ4n) is 5.11. The molecule has 0 aliphatic carbocycles. The number of piperidine rings is 1. The Balaban J connectivity index is 1.30. The average molecular weight is 467 g/mol. The first kappa shape index (κ1) is 24.0. The van der Waals surface area contributed by atoms with Crippen LogP contribution in [0.5, 0.6) is 5.75 Å². The summed E-state index contributed by atoms with van der Waals surface area (Å²) in [7, 11) is 1.68. The Morgan fingerprint density at radius 2 is 1.85 bits per heavy atom. The molecule has 33 heavy (non-hydrogen) atoms. The van der Waals surface area contributed by atoms with Crippen molar-refractivity contribution in [1.29, 1.82) is 0 Å². The van der Waals surface area contributed by atoms with Crippen molar-refractivity contribution in [2.24, 2.45) is 5.41 Å². The summed E-state index contributed by atoms with van der Waals surface area (Å²) in [5.41, 5.74) is 3.52. The fourth-order valence-corrected chi connectivity index (χ4v) is 5.36. The molecule has 2 aromatic carbocycles. The summed E-state index contributed by atoms with van der Waals surface area (Å²) < 4.78 is 5.40. The Hall–Kier alpha value is -2.14. The molecule has 0 amide bonds. The van der Waals surface area contributed by atoms with Crippen LogP contribution >= 0.6 is 11.6 Å². The standard InChI is InChI=1S/C28H35ClN2O2/c1-33-23-11-12-27-25(19-23)24(26(29)20-30-27)10-5-13-28(21-32)14-17-31(18-15-28)16-6-9-22-7-3-2-4-8-22/h2-4,7-8,11-12,19-20,32H,5-6,9-10,13-18,21H2,1H3. The molecule has 0 bridgehead atoms. The molecule has 1 saturated heterocycles. The highest BCUT2D eigenvalue weighted by molar-refractivity contribution is 6.32. The van der Waals surface area contributed by atoms with Crippen LogP contribution < -0.4 is 4.74 Å². The van der Waals surface area contributed by atoms with E-state index in [2.05, 4.69) is 40.2 Å². The quantitative estimate of drug-likeness (QED) is 0.402. The first-order valence-electron chi connectivity index (χ1n) is 12.1. The monoisotopic (exact) mass is 466 g/mol. The first-order valence-corrected chi connectivity index (χ1v) is 12.5. The van der Waals surface area contributed by atoms with Crippen LogP contribution in [0.2, 0.25) is 5.02 Å². The van der Waals surface area contributed by atoms with E-state index in [9.17, 15) is 5.11 Å². The van der Waals surface area contributed by atoms with Crippen LogP contribution in [0.4, 0.5) is 0 Å². The topological polar surface area (TPSA) is 45.6 Å². The van der Waals surface area contributed by atoms with E-state index in [0.29, 0.717) is 5.02 Å². The summed E-state index contributed by atoms with van der Waals surface area (Å²) >= 11 is 6.54. The Labute approximate surface area is 202 Å². The third-order valence-corrected chi connectivity index (χ3v) is 7.63. The van der Waals surface area contributed by atoms with Crippen molar-refractivity contribution in [3.8, 4) is 5.75 Å². The van der Waals surface area contributed by atoms with Gasteiger partial charge in [0.15, 0.2) is 0 Å². The molecule has 0 unspecified atom stereocenters. The van der Waals surface area contributed by atoms with Gasteiger partial charge in [-0.3, -0.25) is 4.98 Å². The summed E-state index contributed by atoms with van der Waals surface area (Å²) in [5, 5.41) is 12.0. The Kier molecular flexibility index (Phi) is 8.24. The molecule has 3 aromatic rings. The van der Waals surface area contributed by atoms with Gasteiger partial charge in [-0.05, 0) is 99.3 Å². The van der Waals surface area contributed by atoms with Gasteiger partial charge in [-0.25, -0.2) is 0 Å². The number of fused-ring (bicyclic) bond motifs is 1. The van der Waals surface area contributed by atoms with Gasteiger partial charge in [-0.1, -0.05) is 41.9 Å². The van der Waals surface area contributed by atoms with Crippen LogP contribution in [0.25, 0.3) is 10.9 Å². The molecular formula is C28H35ClN2O2. The van der Waals surface area contributed by atoms with Gasteiger partial charge < -0.3 is 14.7 Å². The zero-order valence-corrected chi connectivity index (χ0v) is 20.4. The number of hydrogen-bond acceptors (Lipinski definition) is 4. The van der Waals surface area contributed by atoms with Crippen LogP contribution in [0.3, 0.4) is 0 Å². The van der Waals surface area contributed by atoms with Gasteiger partial charge in [0.2, 0.25) is 0 Å². The summed E-state index contributed by atoms with van der Waals surface area (Å²) in [5.74, 6) is 0.819. The predicted molar refractivity (Wildman–Crippen MR) is 136 cm³/mol. The van der Waals surface area contributed by atoms with Crippen molar-refractivity contribution in [3.63, 3.8) is 0 Å². The minimum Gasteiger partial charge on any atom is -0.497 e. The van der Waals surface area contributed by atoms with E-state index in [4.69, 9.17) is 16.3 Å². The number of halogens is 1. The number of rotatable bonds is 10. The van der Waals surface area contributed by atoms with E-state index >= 15 is 0 Å². The van der Waals surface area contributed by atoms with Gasteiger partial charge in [-0.15, -0.1) is 0 Å². The second-order valence-electron chi connectivity index (χ2n) is 9.41. The SMILES string of the molecule is COc1ccc2ncc(Cl)c(CCCC3(CO)CCN(CCCc4ccccc4)CC3)c2c1. The third-order valence-electron chi connectivity index (χ3n) is 7.30. The Morgan fingerprint density at radius 1 is 1.06 bits per heavy atom. The van der Waals surface area contributed by atoms with E-state index in [-0.39, 0.29) is 12.0 Å². The maximum atomic E-state index is 10.3. The molecule has 5 heteroatoms. The smallest absolute Gasteiger partial charge is 0.119 e. The first-order chi connectivity index (χ1) is 16.1. The molecule has 0 saturated carbocycles. The number of ether oxygens (including phenoxy) is 1.